The van der Waals surface area contributed by atoms with Crippen LogP contribution in [0.4, 0.5) is 0 Å². The van der Waals surface area contributed by atoms with Gasteiger partial charge in [-0.3, -0.25) is 0 Å². The minimum atomic E-state index is -3.68. The molecule has 3 heterocycles. The first-order valence-electron chi connectivity index (χ1n) is 8.14. The lowest BCUT2D eigenvalue weighted by atomic mass is 10.0. The number of aromatic amines is 2. The molecule has 1 aromatic heterocycles. The van der Waals surface area contributed by atoms with E-state index in [2.05, 4.69) is 9.97 Å². The Morgan fingerprint density at radius 1 is 0.962 bits per heavy atom. The molecular formula is C17H15N3O5S. The molecule has 0 unspecified atom stereocenters. The van der Waals surface area contributed by atoms with E-state index in [0.29, 0.717) is 35.5 Å². The minimum absolute atomic E-state index is 0.157. The van der Waals surface area contributed by atoms with Crippen molar-refractivity contribution in [1.82, 2.24) is 14.3 Å². The molecule has 0 aliphatic carbocycles. The number of benzene rings is 2. The Hall–Kier alpha value is -2.78. The number of imidazole rings is 1. The second-order valence-corrected chi connectivity index (χ2v) is 8.29. The molecule has 0 atom stereocenters. The fourth-order valence-electron chi connectivity index (χ4n) is 3.45. The predicted octanol–water partition coefficient (Wildman–Crippen LogP) is 1.33. The number of sulfonamides is 1. The van der Waals surface area contributed by atoms with Crippen LogP contribution < -0.4 is 15.2 Å². The summed E-state index contributed by atoms with van der Waals surface area (Å²) in [7, 11) is -3.68. The quantitative estimate of drug-likeness (QED) is 0.705. The van der Waals surface area contributed by atoms with Crippen LogP contribution in [-0.4, -0.2) is 36.0 Å². The Labute approximate surface area is 148 Å². The molecule has 0 saturated heterocycles. The third-order valence-corrected chi connectivity index (χ3v) is 6.64. The lowest BCUT2D eigenvalue weighted by Crippen LogP contribution is -2.35. The van der Waals surface area contributed by atoms with Gasteiger partial charge in [0.2, 0.25) is 16.8 Å². The van der Waals surface area contributed by atoms with Gasteiger partial charge in [0.05, 0.1) is 15.9 Å². The van der Waals surface area contributed by atoms with Crippen LogP contribution in [0.3, 0.4) is 0 Å². The smallest absolute Gasteiger partial charge is 0.323 e. The summed E-state index contributed by atoms with van der Waals surface area (Å²) >= 11 is 0. The first-order chi connectivity index (χ1) is 12.5. The fourth-order valence-corrected chi connectivity index (χ4v) is 4.89. The van der Waals surface area contributed by atoms with Crippen LogP contribution >= 0.6 is 0 Å². The summed E-state index contributed by atoms with van der Waals surface area (Å²) in [6, 6.07) is 8.37. The number of rotatable bonds is 2. The average Bonchev–Trinajstić information content (AvgIpc) is 3.22. The summed E-state index contributed by atoms with van der Waals surface area (Å²) in [5.74, 6) is 1.36. The third kappa shape index (κ3) is 2.31. The first-order valence-corrected chi connectivity index (χ1v) is 9.58. The molecule has 0 radical (unpaired) electrons. The maximum Gasteiger partial charge on any atom is 0.323 e. The van der Waals surface area contributed by atoms with E-state index < -0.39 is 10.0 Å². The van der Waals surface area contributed by atoms with Crippen LogP contribution in [0.15, 0.2) is 40.0 Å². The normalized spacial score (nSPS) is 16.8. The van der Waals surface area contributed by atoms with Crippen molar-refractivity contribution in [2.24, 2.45) is 0 Å². The van der Waals surface area contributed by atoms with Gasteiger partial charge in [0.25, 0.3) is 0 Å². The highest BCUT2D eigenvalue weighted by molar-refractivity contribution is 7.89. The van der Waals surface area contributed by atoms with Crippen molar-refractivity contribution >= 4 is 21.1 Å². The number of fused-ring (bicyclic) bond motifs is 3. The number of aromatic nitrogens is 2. The molecule has 2 N–H and O–H groups in total. The number of ether oxygens (including phenoxy) is 2. The zero-order valence-corrected chi connectivity index (χ0v) is 14.4. The highest BCUT2D eigenvalue weighted by Gasteiger charge is 2.30. The molecule has 8 nitrogen and oxygen atoms in total. The number of hydrogen-bond acceptors (Lipinski definition) is 5. The van der Waals surface area contributed by atoms with E-state index in [1.165, 1.54) is 16.4 Å². The van der Waals surface area contributed by atoms with Crippen molar-refractivity contribution in [1.29, 1.82) is 0 Å². The molecule has 26 heavy (non-hydrogen) atoms. The summed E-state index contributed by atoms with van der Waals surface area (Å²) in [4.78, 5) is 16.7. The van der Waals surface area contributed by atoms with Gasteiger partial charge >= 0.3 is 5.69 Å². The van der Waals surface area contributed by atoms with E-state index in [-0.39, 0.29) is 23.9 Å². The highest BCUT2D eigenvalue weighted by Crippen LogP contribution is 2.37. The maximum absolute atomic E-state index is 13.0. The van der Waals surface area contributed by atoms with E-state index in [1.807, 2.05) is 12.1 Å². The first kappa shape index (κ1) is 15.5. The predicted molar refractivity (Wildman–Crippen MR) is 92.8 cm³/mol. The van der Waals surface area contributed by atoms with Gasteiger partial charge < -0.3 is 19.4 Å². The van der Waals surface area contributed by atoms with Gasteiger partial charge in [0.1, 0.15) is 0 Å². The van der Waals surface area contributed by atoms with Gasteiger partial charge in [-0.25, -0.2) is 13.2 Å². The Kier molecular flexibility index (Phi) is 3.19. The molecule has 0 fully saturated rings. The molecular weight excluding hydrogens is 358 g/mol. The summed E-state index contributed by atoms with van der Waals surface area (Å²) in [6.45, 7) is 0.849. The van der Waals surface area contributed by atoms with E-state index in [0.717, 1.165) is 11.1 Å². The van der Waals surface area contributed by atoms with Crippen LogP contribution in [0.25, 0.3) is 11.0 Å². The number of H-pyrrole nitrogens is 2. The topological polar surface area (TPSA) is 104 Å². The summed E-state index contributed by atoms with van der Waals surface area (Å²) < 4.78 is 38.3. The van der Waals surface area contributed by atoms with Crippen LogP contribution in [-0.2, 0) is 23.0 Å². The van der Waals surface area contributed by atoms with Crippen LogP contribution in [0.5, 0.6) is 11.5 Å². The van der Waals surface area contributed by atoms with E-state index in [4.69, 9.17) is 9.47 Å². The zero-order chi connectivity index (χ0) is 17.9. The van der Waals surface area contributed by atoms with Crippen LogP contribution in [0, 0.1) is 0 Å². The minimum Gasteiger partial charge on any atom is -0.454 e. The van der Waals surface area contributed by atoms with Crippen molar-refractivity contribution in [2.75, 3.05) is 13.3 Å². The molecule has 0 bridgehead atoms. The molecule has 2 aliphatic rings. The van der Waals surface area contributed by atoms with Crippen molar-refractivity contribution in [3.8, 4) is 11.5 Å². The number of nitrogens with zero attached hydrogens (tertiary/aromatic N) is 1. The van der Waals surface area contributed by atoms with Gasteiger partial charge in [-0.1, -0.05) is 0 Å². The van der Waals surface area contributed by atoms with Gasteiger partial charge in [0.15, 0.2) is 11.5 Å². The largest absolute Gasteiger partial charge is 0.454 e. The number of hydrogen-bond donors (Lipinski definition) is 2. The SMILES string of the molecule is O=c1[nH]c2ccc(S(=O)(=O)N3CCc4cc5c(cc4C3)OCO5)cc2[nH]1. The molecule has 2 aromatic carbocycles. The summed E-state index contributed by atoms with van der Waals surface area (Å²) in [6.07, 6.45) is 0.606. The Balaban J connectivity index is 1.51. The lowest BCUT2D eigenvalue weighted by molar-refractivity contribution is 0.174. The zero-order valence-electron chi connectivity index (χ0n) is 13.6. The van der Waals surface area contributed by atoms with E-state index in [1.54, 1.807) is 6.07 Å². The van der Waals surface area contributed by atoms with Crippen LogP contribution in [0.2, 0.25) is 0 Å². The van der Waals surface area contributed by atoms with Gasteiger partial charge in [-0.2, -0.15) is 4.31 Å². The molecule has 3 aromatic rings. The average molecular weight is 373 g/mol. The lowest BCUT2D eigenvalue weighted by Gasteiger charge is -2.28. The van der Waals surface area contributed by atoms with Crippen molar-refractivity contribution in [3.63, 3.8) is 0 Å². The second-order valence-electron chi connectivity index (χ2n) is 6.35. The van der Waals surface area contributed by atoms with Crippen molar-refractivity contribution in [2.45, 2.75) is 17.9 Å². The molecule has 2 aliphatic heterocycles. The molecule has 5 rings (SSSR count). The monoisotopic (exact) mass is 373 g/mol. The molecule has 9 heteroatoms. The van der Waals surface area contributed by atoms with Crippen LogP contribution in [0.1, 0.15) is 11.1 Å². The third-order valence-electron chi connectivity index (χ3n) is 4.80. The standard InChI is InChI=1S/C17H15N3O5S/c21-17-18-13-2-1-12(7-14(13)19-17)26(22,23)20-4-3-10-5-15-16(25-9-24-15)6-11(10)8-20/h1-2,5-7H,3-4,8-9H2,(H2,18,19,21). The Bertz CT molecular complexity index is 1190. The Morgan fingerprint density at radius 2 is 1.69 bits per heavy atom. The van der Waals surface area contributed by atoms with Gasteiger partial charge in [-0.15, -0.1) is 0 Å². The van der Waals surface area contributed by atoms with E-state index in [9.17, 15) is 13.2 Å². The fraction of sp³-hybridized carbons (Fsp3) is 0.235. The molecule has 134 valence electrons. The van der Waals surface area contributed by atoms with Crippen molar-refractivity contribution in [3.05, 3.63) is 51.9 Å². The van der Waals surface area contributed by atoms with Gasteiger partial charge in [0, 0.05) is 13.1 Å². The van der Waals surface area contributed by atoms with E-state index >= 15 is 0 Å². The van der Waals surface area contributed by atoms with Crippen molar-refractivity contribution < 1.29 is 17.9 Å². The highest BCUT2D eigenvalue weighted by atomic mass is 32.2. The number of nitrogens with one attached hydrogen (secondary N) is 2. The maximum atomic E-state index is 13.0. The van der Waals surface area contributed by atoms with Gasteiger partial charge in [-0.05, 0) is 47.9 Å². The second kappa shape index (κ2) is 5.36. The summed E-state index contributed by atoms with van der Waals surface area (Å²) in [5.41, 5.74) is 2.67. The molecule has 0 saturated carbocycles. The molecule has 0 amide bonds. The molecule has 0 spiro atoms. The Morgan fingerprint density at radius 3 is 2.50 bits per heavy atom. The summed E-state index contributed by atoms with van der Waals surface area (Å²) in [5, 5.41) is 0.